The molecule has 1 atom stereocenters. The lowest BCUT2D eigenvalue weighted by atomic mass is 9.91. The molecule has 0 spiro atoms. The first kappa shape index (κ1) is 14.2. The van der Waals surface area contributed by atoms with Crippen molar-refractivity contribution in [3.05, 3.63) is 17.5 Å². The van der Waals surface area contributed by atoms with Gasteiger partial charge in [0.25, 0.3) is 0 Å². The number of nitrogens with zero attached hydrogens (tertiary/aromatic N) is 2. The molecule has 1 N–H and O–H groups in total. The summed E-state index contributed by atoms with van der Waals surface area (Å²) < 4.78 is 2.14. The smallest absolute Gasteiger partial charge is 0.0596 e. The fourth-order valence-electron chi connectivity index (χ4n) is 2.18. The second-order valence-electron chi connectivity index (χ2n) is 5.11. The maximum absolute atomic E-state index is 4.52. The van der Waals surface area contributed by atoms with Crippen LogP contribution in [0, 0.1) is 18.8 Å². The van der Waals surface area contributed by atoms with Gasteiger partial charge in [0.05, 0.1) is 5.69 Å². The Morgan fingerprint density at radius 1 is 1.35 bits per heavy atom. The molecule has 0 bridgehead atoms. The number of aromatic nitrogens is 2. The number of nitrogens with one attached hydrogen (secondary N) is 1. The molecule has 0 aliphatic heterocycles. The maximum atomic E-state index is 4.52. The second kappa shape index (κ2) is 6.80. The highest BCUT2D eigenvalue weighted by atomic mass is 15.3. The van der Waals surface area contributed by atoms with E-state index >= 15 is 0 Å². The lowest BCUT2D eigenvalue weighted by molar-refractivity contribution is 0.354. The van der Waals surface area contributed by atoms with Crippen molar-refractivity contribution < 1.29 is 0 Å². The zero-order chi connectivity index (χ0) is 12.8. The molecule has 0 radical (unpaired) electrons. The Bertz CT molecular complexity index is 328. The zero-order valence-electron chi connectivity index (χ0n) is 12.0. The number of hydrogen-bond donors (Lipinski definition) is 1. The van der Waals surface area contributed by atoms with Crippen molar-refractivity contribution in [1.29, 1.82) is 0 Å². The van der Waals surface area contributed by atoms with E-state index in [4.69, 9.17) is 0 Å². The normalized spacial score (nSPS) is 13.3. The zero-order valence-corrected chi connectivity index (χ0v) is 12.0. The van der Waals surface area contributed by atoms with Gasteiger partial charge >= 0.3 is 0 Å². The van der Waals surface area contributed by atoms with E-state index in [1.807, 2.05) is 0 Å². The minimum absolute atomic E-state index is 0.691. The molecule has 1 rings (SSSR count). The molecule has 1 unspecified atom stereocenters. The van der Waals surface area contributed by atoms with Crippen molar-refractivity contribution in [3.8, 4) is 0 Å². The van der Waals surface area contributed by atoms with E-state index in [1.165, 1.54) is 5.69 Å². The topological polar surface area (TPSA) is 29.9 Å². The molecule has 98 valence electrons. The quantitative estimate of drug-likeness (QED) is 0.790. The minimum atomic E-state index is 0.691. The lowest BCUT2D eigenvalue weighted by Gasteiger charge is -2.21. The van der Waals surface area contributed by atoms with Crippen LogP contribution in [-0.4, -0.2) is 22.9 Å². The molecule has 0 aliphatic carbocycles. The van der Waals surface area contributed by atoms with Gasteiger partial charge in [-0.2, -0.15) is 5.10 Å². The Hall–Kier alpha value is -0.830. The summed E-state index contributed by atoms with van der Waals surface area (Å²) in [6.45, 7) is 14.1. The van der Waals surface area contributed by atoms with Gasteiger partial charge in [0.2, 0.25) is 0 Å². The molecule has 17 heavy (non-hydrogen) atoms. The van der Waals surface area contributed by atoms with Gasteiger partial charge in [-0.05, 0) is 51.3 Å². The molecule has 0 saturated heterocycles. The van der Waals surface area contributed by atoms with Gasteiger partial charge in [-0.25, -0.2) is 0 Å². The summed E-state index contributed by atoms with van der Waals surface area (Å²) >= 11 is 0. The first-order valence-corrected chi connectivity index (χ1v) is 6.82. The summed E-state index contributed by atoms with van der Waals surface area (Å²) in [7, 11) is 0. The van der Waals surface area contributed by atoms with Crippen molar-refractivity contribution >= 4 is 0 Å². The van der Waals surface area contributed by atoms with Crippen LogP contribution in [0.2, 0.25) is 0 Å². The van der Waals surface area contributed by atoms with Gasteiger partial charge in [0, 0.05) is 12.2 Å². The van der Waals surface area contributed by atoms with Crippen LogP contribution in [0.1, 0.15) is 39.1 Å². The highest BCUT2D eigenvalue weighted by Crippen LogP contribution is 2.17. The standard InChI is InChI=1S/C14H27N3/c1-6-15-10-13(11(3)4)9-14-8-12(5)16-17(14)7-2/h8,11,13,15H,6-7,9-10H2,1-5H3. The summed E-state index contributed by atoms with van der Waals surface area (Å²) in [5.74, 6) is 1.39. The van der Waals surface area contributed by atoms with Crippen molar-refractivity contribution in [2.75, 3.05) is 13.1 Å². The van der Waals surface area contributed by atoms with Crippen LogP contribution in [0.5, 0.6) is 0 Å². The molecular weight excluding hydrogens is 210 g/mol. The summed E-state index contributed by atoms with van der Waals surface area (Å²) in [5, 5.41) is 7.98. The van der Waals surface area contributed by atoms with Crippen molar-refractivity contribution in [2.24, 2.45) is 11.8 Å². The number of aryl methyl sites for hydroxylation is 2. The molecule has 0 fully saturated rings. The van der Waals surface area contributed by atoms with Gasteiger partial charge in [0.15, 0.2) is 0 Å². The predicted molar refractivity (Wildman–Crippen MR) is 73.2 cm³/mol. The third-order valence-corrected chi connectivity index (χ3v) is 3.36. The Morgan fingerprint density at radius 3 is 2.59 bits per heavy atom. The van der Waals surface area contributed by atoms with Crippen LogP contribution in [-0.2, 0) is 13.0 Å². The van der Waals surface area contributed by atoms with E-state index in [1.54, 1.807) is 0 Å². The third kappa shape index (κ3) is 4.15. The molecule has 1 aromatic heterocycles. The van der Waals surface area contributed by atoms with Gasteiger partial charge in [-0.1, -0.05) is 20.8 Å². The molecule has 0 aliphatic rings. The van der Waals surface area contributed by atoms with Crippen LogP contribution >= 0.6 is 0 Å². The molecule has 1 aromatic rings. The van der Waals surface area contributed by atoms with Crippen molar-refractivity contribution in [3.63, 3.8) is 0 Å². The van der Waals surface area contributed by atoms with E-state index in [0.29, 0.717) is 11.8 Å². The van der Waals surface area contributed by atoms with Crippen LogP contribution < -0.4 is 5.32 Å². The summed E-state index contributed by atoms with van der Waals surface area (Å²) in [4.78, 5) is 0. The molecule has 1 heterocycles. The highest BCUT2D eigenvalue weighted by Gasteiger charge is 2.16. The highest BCUT2D eigenvalue weighted by molar-refractivity contribution is 5.10. The molecular formula is C14H27N3. The lowest BCUT2D eigenvalue weighted by Crippen LogP contribution is -2.28. The van der Waals surface area contributed by atoms with E-state index in [0.717, 1.165) is 31.7 Å². The van der Waals surface area contributed by atoms with E-state index in [9.17, 15) is 0 Å². The van der Waals surface area contributed by atoms with Crippen LogP contribution in [0.15, 0.2) is 6.07 Å². The minimum Gasteiger partial charge on any atom is -0.317 e. The van der Waals surface area contributed by atoms with Crippen LogP contribution in [0.4, 0.5) is 0 Å². The Balaban J connectivity index is 2.70. The van der Waals surface area contributed by atoms with Gasteiger partial charge in [-0.3, -0.25) is 4.68 Å². The molecule has 0 saturated carbocycles. The summed E-state index contributed by atoms with van der Waals surface area (Å²) in [6.07, 6.45) is 1.12. The SMILES string of the molecule is CCNCC(Cc1cc(C)nn1CC)C(C)C. The Morgan fingerprint density at radius 2 is 2.06 bits per heavy atom. The largest absolute Gasteiger partial charge is 0.317 e. The van der Waals surface area contributed by atoms with Gasteiger partial charge < -0.3 is 5.32 Å². The molecule has 3 nitrogen and oxygen atoms in total. The molecule has 0 aromatic carbocycles. The average Bonchev–Trinajstić information content (AvgIpc) is 2.64. The number of hydrogen-bond acceptors (Lipinski definition) is 2. The van der Waals surface area contributed by atoms with E-state index < -0.39 is 0 Å². The van der Waals surface area contributed by atoms with Crippen molar-refractivity contribution in [1.82, 2.24) is 15.1 Å². The van der Waals surface area contributed by atoms with Crippen molar-refractivity contribution in [2.45, 2.75) is 47.6 Å². The Labute approximate surface area is 106 Å². The monoisotopic (exact) mass is 237 g/mol. The molecule has 0 amide bonds. The predicted octanol–water partition coefficient (Wildman–Crippen LogP) is 2.64. The first-order chi connectivity index (χ1) is 8.08. The Kier molecular flexibility index (Phi) is 5.69. The average molecular weight is 237 g/mol. The second-order valence-corrected chi connectivity index (χ2v) is 5.11. The summed E-state index contributed by atoms with van der Waals surface area (Å²) in [5.41, 5.74) is 2.51. The summed E-state index contributed by atoms with van der Waals surface area (Å²) in [6, 6.07) is 2.23. The fourth-order valence-corrected chi connectivity index (χ4v) is 2.18. The van der Waals surface area contributed by atoms with Gasteiger partial charge in [0.1, 0.15) is 0 Å². The number of rotatable bonds is 7. The first-order valence-electron chi connectivity index (χ1n) is 6.82. The van der Waals surface area contributed by atoms with E-state index in [-0.39, 0.29) is 0 Å². The van der Waals surface area contributed by atoms with Gasteiger partial charge in [-0.15, -0.1) is 0 Å². The third-order valence-electron chi connectivity index (χ3n) is 3.36. The van der Waals surface area contributed by atoms with Crippen LogP contribution in [0.25, 0.3) is 0 Å². The maximum Gasteiger partial charge on any atom is 0.0596 e. The van der Waals surface area contributed by atoms with Crippen LogP contribution in [0.3, 0.4) is 0 Å². The fraction of sp³-hybridized carbons (Fsp3) is 0.786. The van der Waals surface area contributed by atoms with E-state index in [2.05, 4.69) is 55.8 Å². The molecule has 3 heteroatoms.